The van der Waals surface area contributed by atoms with Crippen LogP contribution in [-0.4, -0.2) is 40.2 Å². The second kappa shape index (κ2) is 7.99. The number of piperidine rings is 1. The molecule has 2 heterocycles. The van der Waals surface area contributed by atoms with Crippen LogP contribution in [0.15, 0.2) is 72.9 Å². The molecule has 5 nitrogen and oxygen atoms in total. The lowest BCUT2D eigenvalue weighted by molar-refractivity contribution is 0.0586. The number of aromatic nitrogens is 2. The molecule has 1 saturated heterocycles. The minimum absolute atomic E-state index is 0.0752. The summed E-state index contributed by atoms with van der Waals surface area (Å²) in [7, 11) is 0. The third kappa shape index (κ3) is 4.14. The Hall–Kier alpha value is -3.21. The first-order valence-electron chi connectivity index (χ1n) is 9.19. The molecule has 0 unspecified atom stereocenters. The van der Waals surface area contributed by atoms with Gasteiger partial charge in [-0.2, -0.15) is 5.10 Å². The molecule has 1 aliphatic rings. The van der Waals surface area contributed by atoms with E-state index in [0.717, 1.165) is 29.5 Å². The minimum atomic E-state index is 0.0752. The second-order valence-corrected chi connectivity index (χ2v) is 6.61. The molecular weight excluding hydrogens is 338 g/mol. The van der Waals surface area contributed by atoms with Crippen LogP contribution in [-0.2, 0) is 0 Å². The molecule has 0 aliphatic carbocycles. The van der Waals surface area contributed by atoms with Crippen molar-refractivity contribution < 1.29 is 9.53 Å². The quantitative estimate of drug-likeness (QED) is 0.710. The van der Waals surface area contributed by atoms with Crippen molar-refractivity contribution in [1.82, 2.24) is 15.1 Å². The summed E-state index contributed by atoms with van der Waals surface area (Å²) in [5, 5.41) is 7.78. The fraction of sp³-hybridized carbons (Fsp3) is 0.227. The van der Waals surface area contributed by atoms with E-state index in [0.29, 0.717) is 19.0 Å². The van der Waals surface area contributed by atoms with Crippen molar-refractivity contribution in [3.63, 3.8) is 0 Å². The van der Waals surface area contributed by atoms with E-state index in [2.05, 4.69) is 22.3 Å². The predicted molar refractivity (Wildman–Crippen MR) is 103 cm³/mol. The average molecular weight is 359 g/mol. The van der Waals surface area contributed by atoms with Crippen molar-refractivity contribution in [1.29, 1.82) is 0 Å². The largest absolute Gasteiger partial charge is 0.473 e. The summed E-state index contributed by atoms with van der Waals surface area (Å²) in [5.41, 5.74) is 2.99. The number of benzene rings is 2. The van der Waals surface area contributed by atoms with Crippen LogP contribution >= 0.6 is 0 Å². The summed E-state index contributed by atoms with van der Waals surface area (Å²) >= 11 is 0. The lowest BCUT2D eigenvalue weighted by Gasteiger charge is -2.32. The smallest absolute Gasteiger partial charge is 0.253 e. The number of amides is 1. The Balaban J connectivity index is 1.35. The minimum Gasteiger partial charge on any atom is -0.473 e. The van der Waals surface area contributed by atoms with E-state index in [1.165, 1.54) is 0 Å². The van der Waals surface area contributed by atoms with Gasteiger partial charge in [0.2, 0.25) is 5.88 Å². The highest BCUT2D eigenvalue weighted by Gasteiger charge is 2.25. The van der Waals surface area contributed by atoms with Gasteiger partial charge in [0.05, 0.1) is 0 Å². The molecular formula is C22H21N3O2. The zero-order valence-corrected chi connectivity index (χ0v) is 15.0. The van der Waals surface area contributed by atoms with Crippen molar-refractivity contribution in [3.8, 4) is 17.0 Å². The summed E-state index contributed by atoms with van der Waals surface area (Å²) in [6.07, 6.45) is 3.29. The van der Waals surface area contributed by atoms with Gasteiger partial charge >= 0.3 is 0 Å². The predicted octanol–water partition coefficient (Wildman–Crippen LogP) is 3.83. The molecule has 1 amide bonds. The van der Waals surface area contributed by atoms with Gasteiger partial charge in [-0.1, -0.05) is 42.5 Å². The molecule has 4 rings (SSSR count). The van der Waals surface area contributed by atoms with Gasteiger partial charge in [-0.25, -0.2) is 0 Å². The Bertz CT molecular complexity index is 874. The third-order valence-electron chi connectivity index (χ3n) is 4.80. The third-order valence-corrected chi connectivity index (χ3v) is 4.80. The molecule has 1 aliphatic heterocycles. The van der Waals surface area contributed by atoms with Crippen LogP contribution in [0.5, 0.6) is 5.88 Å². The van der Waals surface area contributed by atoms with E-state index < -0.39 is 0 Å². The van der Waals surface area contributed by atoms with Crippen LogP contribution in [0.4, 0.5) is 0 Å². The molecule has 3 aromatic rings. The number of likely N-dealkylation sites (tertiary alicyclic amines) is 1. The lowest BCUT2D eigenvalue weighted by atomic mass is 10.0. The number of hydrogen-bond donors (Lipinski definition) is 0. The van der Waals surface area contributed by atoms with Crippen LogP contribution < -0.4 is 4.74 Å². The first-order valence-corrected chi connectivity index (χ1v) is 9.19. The summed E-state index contributed by atoms with van der Waals surface area (Å²) in [4.78, 5) is 14.7. The number of rotatable bonds is 4. The molecule has 1 fully saturated rings. The molecule has 136 valence electrons. The van der Waals surface area contributed by atoms with Gasteiger partial charge in [-0.3, -0.25) is 4.79 Å². The highest BCUT2D eigenvalue weighted by molar-refractivity contribution is 5.94. The Kier molecular flexibility index (Phi) is 5.10. The van der Waals surface area contributed by atoms with Crippen LogP contribution in [0.1, 0.15) is 23.2 Å². The lowest BCUT2D eigenvalue weighted by Crippen LogP contribution is -2.41. The topological polar surface area (TPSA) is 55.3 Å². The molecule has 1 aromatic heterocycles. The van der Waals surface area contributed by atoms with Crippen molar-refractivity contribution in [2.45, 2.75) is 18.9 Å². The molecule has 0 spiro atoms. The van der Waals surface area contributed by atoms with E-state index in [9.17, 15) is 4.79 Å². The van der Waals surface area contributed by atoms with Gasteiger partial charge in [-0.15, -0.1) is 5.10 Å². The maximum Gasteiger partial charge on any atom is 0.253 e. The Morgan fingerprint density at radius 3 is 2.26 bits per heavy atom. The van der Waals surface area contributed by atoms with Crippen LogP contribution in [0.3, 0.4) is 0 Å². The van der Waals surface area contributed by atoms with Gasteiger partial charge in [0.1, 0.15) is 6.10 Å². The number of carbonyl (C=O) groups excluding carboxylic acids is 1. The van der Waals surface area contributed by atoms with E-state index in [1.54, 1.807) is 18.3 Å². The first-order chi connectivity index (χ1) is 13.3. The van der Waals surface area contributed by atoms with E-state index in [4.69, 9.17) is 4.74 Å². The van der Waals surface area contributed by atoms with Crippen LogP contribution in [0, 0.1) is 0 Å². The first kappa shape index (κ1) is 17.2. The second-order valence-electron chi connectivity index (χ2n) is 6.61. The summed E-state index contributed by atoms with van der Waals surface area (Å²) in [6.45, 7) is 1.37. The summed E-state index contributed by atoms with van der Waals surface area (Å²) < 4.78 is 5.84. The highest BCUT2D eigenvalue weighted by atomic mass is 16.5. The SMILES string of the molecule is O=C(c1ccc(-c2ccccc2)cc1)N1CCC(Oc2cccnn2)CC1. The molecule has 2 aromatic carbocycles. The van der Waals surface area contributed by atoms with Gasteiger partial charge in [0.25, 0.3) is 5.91 Å². The van der Waals surface area contributed by atoms with Crippen molar-refractivity contribution in [2.24, 2.45) is 0 Å². The van der Waals surface area contributed by atoms with Crippen molar-refractivity contribution in [3.05, 3.63) is 78.5 Å². The van der Waals surface area contributed by atoms with Gasteiger partial charge in [-0.05, 0) is 29.3 Å². The van der Waals surface area contributed by atoms with E-state index in [-0.39, 0.29) is 12.0 Å². The van der Waals surface area contributed by atoms with Crippen molar-refractivity contribution in [2.75, 3.05) is 13.1 Å². The Morgan fingerprint density at radius 1 is 0.889 bits per heavy atom. The Morgan fingerprint density at radius 2 is 1.59 bits per heavy atom. The number of carbonyl (C=O) groups is 1. The van der Waals surface area contributed by atoms with E-state index in [1.807, 2.05) is 47.4 Å². The molecule has 27 heavy (non-hydrogen) atoms. The number of hydrogen-bond acceptors (Lipinski definition) is 4. The molecule has 0 atom stereocenters. The van der Waals surface area contributed by atoms with Crippen LogP contribution in [0.25, 0.3) is 11.1 Å². The fourth-order valence-corrected chi connectivity index (χ4v) is 3.32. The standard InChI is InChI=1S/C22H21N3O2/c26-22(19-10-8-18(9-11-19)17-5-2-1-3-6-17)25-15-12-20(13-16-25)27-21-7-4-14-23-24-21/h1-11,14,20H,12-13,15-16H2. The van der Waals surface area contributed by atoms with Crippen molar-refractivity contribution >= 4 is 5.91 Å². The molecule has 0 N–H and O–H groups in total. The molecule has 5 heteroatoms. The maximum absolute atomic E-state index is 12.8. The average Bonchev–Trinajstić information content (AvgIpc) is 2.75. The van der Waals surface area contributed by atoms with E-state index >= 15 is 0 Å². The Labute approximate surface area is 158 Å². The van der Waals surface area contributed by atoms with Crippen LogP contribution in [0.2, 0.25) is 0 Å². The van der Waals surface area contributed by atoms with Gasteiger partial charge in [0, 0.05) is 43.8 Å². The monoisotopic (exact) mass is 359 g/mol. The fourth-order valence-electron chi connectivity index (χ4n) is 3.32. The van der Waals surface area contributed by atoms with Gasteiger partial charge in [0.15, 0.2) is 0 Å². The van der Waals surface area contributed by atoms with Gasteiger partial charge < -0.3 is 9.64 Å². The highest BCUT2D eigenvalue weighted by Crippen LogP contribution is 2.22. The zero-order chi connectivity index (χ0) is 18.5. The number of ether oxygens (including phenoxy) is 1. The number of nitrogens with zero attached hydrogens (tertiary/aromatic N) is 3. The zero-order valence-electron chi connectivity index (χ0n) is 15.0. The normalized spacial score (nSPS) is 14.7. The summed E-state index contributed by atoms with van der Waals surface area (Å²) in [6, 6.07) is 21.6. The maximum atomic E-state index is 12.8. The molecule has 0 bridgehead atoms. The molecule has 0 saturated carbocycles. The molecule has 0 radical (unpaired) electrons. The summed E-state index contributed by atoms with van der Waals surface area (Å²) in [5.74, 6) is 0.617.